The van der Waals surface area contributed by atoms with Gasteiger partial charge in [0.2, 0.25) is 0 Å². The van der Waals surface area contributed by atoms with Crippen LogP contribution in [0, 0.1) is 0 Å². The molecule has 1 aromatic rings. The summed E-state index contributed by atoms with van der Waals surface area (Å²) < 4.78 is 30.4. The molecule has 0 radical (unpaired) electrons. The molecule has 5 heteroatoms. The predicted octanol–water partition coefficient (Wildman–Crippen LogP) is 2.95. The van der Waals surface area contributed by atoms with Gasteiger partial charge < -0.3 is 10.1 Å². The Kier molecular flexibility index (Phi) is 7.18. The first-order valence-corrected chi connectivity index (χ1v) is 9.34. The van der Waals surface area contributed by atoms with Crippen molar-refractivity contribution in [2.45, 2.75) is 45.4 Å². The van der Waals surface area contributed by atoms with Gasteiger partial charge in [-0.25, -0.2) is 8.42 Å². The van der Waals surface area contributed by atoms with E-state index in [1.54, 1.807) is 6.92 Å². The summed E-state index contributed by atoms with van der Waals surface area (Å²) in [5, 5.41) is 2.95. The molecule has 1 N–H and O–H groups in total. The third-order valence-corrected chi connectivity index (χ3v) is 5.99. The van der Waals surface area contributed by atoms with E-state index in [1.807, 2.05) is 45.0 Å². The number of sulfone groups is 1. The van der Waals surface area contributed by atoms with Crippen LogP contribution in [0.1, 0.15) is 45.7 Å². The van der Waals surface area contributed by atoms with Crippen molar-refractivity contribution in [2.75, 3.05) is 18.9 Å². The first-order valence-electron chi connectivity index (χ1n) is 7.62. The largest absolute Gasteiger partial charge is 0.494 e. The molecular formula is C16H27NO3S. The minimum Gasteiger partial charge on any atom is -0.494 e. The van der Waals surface area contributed by atoms with Crippen molar-refractivity contribution in [1.29, 1.82) is 0 Å². The Morgan fingerprint density at radius 1 is 1.19 bits per heavy atom. The van der Waals surface area contributed by atoms with Crippen molar-refractivity contribution in [3.8, 4) is 5.75 Å². The van der Waals surface area contributed by atoms with Crippen LogP contribution in [0.25, 0.3) is 0 Å². The van der Waals surface area contributed by atoms with Crippen LogP contribution in [0.5, 0.6) is 5.75 Å². The predicted molar refractivity (Wildman–Crippen MR) is 87.6 cm³/mol. The zero-order chi connectivity index (χ0) is 15.9. The summed E-state index contributed by atoms with van der Waals surface area (Å²) in [4.78, 5) is 0. The van der Waals surface area contributed by atoms with Gasteiger partial charge in [-0.3, -0.25) is 0 Å². The van der Waals surface area contributed by atoms with Gasteiger partial charge in [0.1, 0.15) is 5.75 Å². The van der Waals surface area contributed by atoms with Crippen molar-refractivity contribution in [3.05, 3.63) is 29.8 Å². The third kappa shape index (κ3) is 5.00. The van der Waals surface area contributed by atoms with Crippen molar-refractivity contribution in [3.63, 3.8) is 0 Å². The number of hydrogen-bond donors (Lipinski definition) is 1. The topological polar surface area (TPSA) is 55.4 Å². The maximum atomic E-state index is 12.4. The number of para-hydroxylation sites is 1. The fourth-order valence-corrected chi connectivity index (χ4v) is 3.81. The molecule has 0 aliphatic heterocycles. The number of benzene rings is 1. The van der Waals surface area contributed by atoms with Crippen molar-refractivity contribution in [1.82, 2.24) is 5.32 Å². The molecule has 0 amide bonds. The Morgan fingerprint density at radius 3 is 2.43 bits per heavy atom. The van der Waals surface area contributed by atoms with Crippen LogP contribution in [0.15, 0.2) is 24.3 Å². The summed E-state index contributed by atoms with van der Waals surface area (Å²) in [6, 6.07) is 7.40. The number of ether oxygens (including phenoxy) is 1. The fourth-order valence-electron chi connectivity index (χ4n) is 2.21. The Balaban J connectivity index is 3.07. The van der Waals surface area contributed by atoms with Gasteiger partial charge in [0.25, 0.3) is 0 Å². The lowest BCUT2D eigenvalue weighted by atomic mass is 10.1. The molecule has 2 atom stereocenters. The van der Waals surface area contributed by atoms with E-state index >= 15 is 0 Å². The summed E-state index contributed by atoms with van der Waals surface area (Å²) >= 11 is 0. The summed E-state index contributed by atoms with van der Waals surface area (Å²) in [6.07, 6.45) is 0.633. The molecule has 120 valence electrons. The van der Waals surface area contributed by atoms with Gasteiger partial charge in [0, 0.05) is 11.6 Å². The molecule has 21 heavy (non-hydrogen) atoms. The summed E-state index contributed by atoms with van der Waals surface area (Å²) in [5.41, 5.74) is 0.910. The lowest BCUT2D eigenvalue weighted by Gasteiger charge is -2.22. The van der Waals surface area contributed by atoms with Gasteiger partial charge in [0.05, 0.1) is 17.6 Å². The first-order chi connectivity index (χ1) is 9.96. The second-order valence-corrected chi connectivity index (χ2v) is 7.59. The van der Waals surface area contributed by atoms with Gasteiger partial charge in [-0.1, -0.05) is 32.0 Å². The van der Waals surface area contributed by atoms with Crippen LogP contribution in [0.2, 0.25) is 0 Å². The average molecular weight is 313 g/mol. The second-order valence-electron chi connectivity index (χ2n) is 5.13. The molecule has 0 fully saturated rings. The molecule has 1 aromatic carbocycles. The summed E-state index contributed by atoms with van der Waals surface area (Å²) in [7, 11) is -3.13. The highest BCUT2D eigenvalue weighted by Gasteiger charge is 2.26. The molecule has 0 aliphatic carbocycles. The van der Waals surface area contributed by atoms with Crippen molar-refractivity contribution >= 4 is 9.84 Å². The van der Waals surface area contributed by atoms with Gasteiger partial charge in [-0.05, 0) is 32.9 Å². The van der Waals surface area contributed by atoms with Crippen LogP contribution in [-0.2, 0) is 9.84 Å². The molecule has 0 bridgehead atoms. The molecule has 0 aliphatic rings. The van der Waals surface area contributed by atoms with E-state index in [0.29, 0.717) is 19.6 Å². The zero-order valence-corrected chi connectivity index (χ0v) is 14.2. The number of nitrogens with one attached hydrogen (secondary N) is 1. The lowest BCUT2D eigenvalue weighted by Crippen LogP contribution is -2.32. The molecule has 0 heterocycles. The van der Waals surface area contributed by atoms with Crippen molar-refractivity contribution < 1.29 is 13.2 Å². The van der Waals surface area contributed by atoms with Crippen LogP contribution >= 0.6 is 0 Å². The molecule has 0 aromatic heterocycles. The van der Waals surface area contributed by atoms with Crippen LogP contribution < -0.4 is 10.1 Å². The van der Waals surface area contributed by atoms with E-state index in [-0.39, 0.29) is 17.0 Å². The summed E-state index contributed by atoms with van der Waals surface area (Å²) in [6.45, 7) is 8.85. The molecule has 0 saturated carbocycles. The van der Waals surface area contributed by atoms with Crippen LogP contribution in [0.4, 0.5) is 0 Å². The van der Waals surface area contributed by atoms with Gasteiger partial charge in [-0.2, -0.15) is 0 Å². The molecule has 0 saturated heterocycles. The highest BCUT2D eigenvalue weighted by molar-refractivity contribution is 7.92. The van der Waals surface area contributed by atoms with E-state index in [0.717, 1.165) is 11.3 Å². The lowest BCUT2D eigenvalue weighted by molar-refractivity contribution is 0.332. The Morgan fingerprint density at radius 2 is 1.86 bits per heavy atom. The number of rotatable bonds is 9. The van der Waals surface area contributed by atoms with Crippen LogP contribution in [0.3, 0.4) is 0 Å². The highest BCUT2D eigenvalue weighted by atomic mass is 32.2. The maximum Gasteiger partial charge on any atom is 0.154 e. The SMILES string of the molecule is CCNC(CS(=O)(=O)C(C)CC)c1ccccc1OCC. The third-order valence-electron chi connectivity index (χ3n) is 3.63. The van der Waals surface area contributed by atoms with Gasteiger partial charge >= 0.3 is 0 Å². The second kappa shape index (κ2) is 8.39. The van der Waals surface area contributed by atoms with E-state index in [4.69, 9.17) is 4.74 Å². The molecule has 1 rings (SSSR count). The van der Waals surface area contributed by atoms with Gasteiger partial charge in [-0.15, -0.1) is 0 Å². The Bertz CT molecular complexity index is 528. The summed E-state index contributed by atoms with van der Waals surface area (Å²) in [5.74, 6) is 0.852. The minimum atomic E-state index is -3.13. The van der Waals surface area contributed by atoms with E-state index in [2.05, 4.69) is 5.32 Å². The fraction of sp³-hybridized carbons (Fsp3) is 0.625. The average Bonchev–Trinajstić information content (AvgIpc) is 2.46. The minimum absolute atomic E-state index is 0.0972. The van der Waals surface area contributed by atoms with Crippen molar-refractivity contribution in [2.24, 2.45) is 0 Å². The maximum absolute atomic E-state index is 12.4. The van der Waals surface area contributed by atoms with E-state index in [1.165, 1.54) is 0 Å². The first kappa shape index (κ1) is 18.0. The van der Waals surface area contributed by atoms with Gasteiger partial charge in [0.15, 0.2) is 9.84 Å². The molecule has 0 spiro atoms. The standard InChI is InChI=1S/C16H27NO3S/c1-5-13(4)21(18,19)12-15(17-6-2)14-10-8-9-11-16(14)20-7-3/h8-11,13,15,17H,5-7,12H2,1-4H3. The van der Waals surface area contributed by atoms with Crippen LogP contribution in [-0.4, -0.2) is 32.6 Å². The highest BCUT2D eigenvalue weighted by Crippen LogP contribution is 2.27. The smallest absolute Gasteiger partial charge is 0.154 e. The van der Waals surface area contributed by atoms with E-state index in [9.17, 15) is 8.42 Å². The Hall–Kier alpha value is -1.07. The monoisotopic (exact) mass is 313 g/mol. The molecule has 4 nitrogen and oxygen atoms in total. The zero-order valence-electron chi connectivity index (χ0n) is 13.4. The molecule has 2 unspecified atom stereocenters. The molecular weight excluding hydrogens is 286 g/mol. The quantitative estimate of drug-likeness (QED) is 0.761. The normalized spacial score (nSPS) is 14.7. The number of hydrogen-bond acceptors (Lipinski definition) is 4. The van der Waals surface area contributed by atoms with E-state index < -0.39 is 9.84 Å². The Labute approximate surface area is 128 Å².